The normalized spacial score (nSPS) is 26.5. The van der Waals surface area contributed by atoms with E-state index in [4.69, 9.17) is 0 Å². The molecular formula is C9H13N3O. The van der Waals surface area contributed by atoms with Crippen LogP contribution in [0.2, 0.25) is 0 Å². The van der Waals surface area contributed by atoms with Gasteiger partial charge in [-0.1, -0.05) is 6.92 Å². The third-order valence-electron chi connectivity index (χ3n) is 2.50. The summed E-state index contributed by atoms with van der Waals surface area (Å²) in [5.74, 6) is 1.71. The largest absolute Gasteiger partial charge is 0.311 e. The van der Waals surface area contributed by atoms with Gasteiger partial charge in [0.05, 0.1) is 6.20 Å². The van der Waals surface area contributed by atoms with Gasteiger partial charge in [0.25, 0.3) is 0 Å². The number of hydrogen-bond donors (Lipinski definition) is 2. The van der Waals surface area contributed by atoms with E-state index in [-0.39, 0.29) is 11.8 Å². The lowest BCUT2D eigenvalue weighted by Gasteiger charge is -2.30. The summed E-state index contributed by atoms with van der Waals surface area (Å²) in [5.41, 5.74) is 0. The summed E-state index contributed by atoms with van der Waals surface area (Å²) < 4.78 is 0. The van der Waals surface area contributed by atoms with Crippen molar-refractivity contribution in [1.29, 1.82) is 0 Å². The number of aromatic amines is 1. The Kier molecular flexibility index (Phi) is 2.04. The Morgan fingerprint density at radius 3 is 3.00 bits per heavy atom. The first kappa shape index (κ1) is 8.29. The van der Waals surface area contributed by atoms with E-state index in [9.17, 15) is 4.79 Å². The van der Waals surface area contributed by atoms with Crippen molar-refractivity contribution in [3.05, 3.63) is 12.3 Å². The molecule has 0 unspecified atom stereocenters. The van der Waals surface area contributed by atoms with Crippen molar-refractivity contribution in [3.63, 3.8) is 0 Å². The average molecular weight is 179 g/mol. The lowest BCUT2D eigenvalue weighted by Crippen LogP contribution is -2.33. The molecule has 0 spiro atoms. The van der Waals surface area contributed by atoms with E-state index >= 15 is 0 Å². The van der Waals surface area contributed by atoms with E-state index in [1.807, 2.05) is 0 Å². The van der Waals surface area contributed by atoms with E-state index in [1.165, 1.54) is 0 Å². The second-order valence-corrected chi connectivity index (χ2v) is 3.73. The fourth-order valence-electron chi connectivity index (χ4n) is 1.68. The molecule has 0 radical (unpaired) electrons. The Morgan fingerprint density at radius 1 is 1.69 bits per heavy atom. The number of nitrogens with one attached hydrogen (secondary N) is 2. The van der Waals surface area contributed by atoms with Crippen molar-refractivity contribution in [2.24, 2.45) is 11.8 Å². The molecule has 1 aromatic rings. The fraction of sp³-hybridized carbons (Fsp3) is 0.556. The number of H-pyrrole nitrogens is 1. The molecule has 1 heterocycles. The van der Waals surface area contributed by atoms with Crippen LogP contribution in [0, 0.1) is 11.8 Å². The second kappa shape index (κ2) is 3.20. The van der Waals surface area contributed by atoms with Crippen LogP contribution in [0.15, 0.2) is 12.3 Å². The molecule has 13 heavy (non-hydrogen) atoms. The summed E-state index contributed by atoms with van der Waals surface area (Å²) in [7, 11) is 0. The number of aromatic nitrogens is 2. The van der Waals surface area contributed by atoms with Crippen molar-refractivity contribution in [2.45, 2.75) is 19.8 Å². The quantitative estimate of drug-likeness (QED) is 0.720. The molecule has 0 saturated heterocycles. The minimum atomic E-state index is 0.113. The van der Waals surface area contributed by atoms with Gasteiger partial charge in [0.1, 0.15) is 5.82 Å². The van der Waals surface area contributed by atoms with E-state index in [0.717, 1.165) is 12.8 Å². The van der Waals surface area contributed by atoms with Gasteiger partial charge in [0.15, 0.2) is 0 Å². The summed E-state index contributed by atoms with van der Waals surface area (Å²) >= 11 is 0. The van der Waals surface area contributed by atoms with Gasteiger partial charge in [-0.15, -0.1) is 0 Å². The summed E-state index contributed by atoms with van der Waals surface area (Å²) in [6, 6.07) is 1.75. The molecule has 70 valence electrons. The SMILES string of the molecule is CC1CC(C(=O)Nc2ccn[nH]2)C1. The predicted octanol–water partition coefficient (Wildman–Crippen LogP) is 1.39. The third kappa shape index (κ3) is 1.71. The maximum atomic E-state index is 11.5. The maximum Gasteiger partial charge on any atom is 0.228 e. The van der Waals surface area contributed by atoms with Crippen LogP contribution in [-0.4, -0.2) is 16.1 Å². The van der Waals surface area contributed by atoms with Crippen LogP contribution < -0.4 is 5.32 Å². The van der Waals surface area contributed by atoms with Crippen LogP contribution in [0.25, 0.3) is 0 Å². The van der Waals surface area contributed by atoms with Crippen molar-refractivity contribution in [2.75, 3.05) is 5.32 Å². The van der Waals surface area contributed by atoms with Gasteiger partial charge in [-0.3, -0.25) is 9.89 Å². The first-order valence-electron chi connectivity index (χ1n) is 4.56. The molecule has 2 N–H and O–H groups in total. The highest BCUT2D eigenvalue weighted by molar-refractivity contribution is 5.92. The van der Waals surface area contributed by atoms with Crippen molar-refractivity contribution >= 4 is 11.7 Å². The summed E-state index contributed by atoms with van der Waals surface area (Å²) in [6.45, 7) is 2.17. The van der Waals surface area contributed by atoms with Crippen LogP contribution in [0.5, 0.6) is 0 Å². The smallest absolute Gasteiger partial charge is 0.228 e. The van der Waals surface area contributed by atoms with E-state index in [1.54, 1.807) is 12.3 Å². The van der Waals surface area contributed by atoms with Crippen LogP contribution >= 0.6 is 0 Å². The first-order valence-corrected chi connectivity index (χ1v) is 4.56. The monoisotopic (exact) mass is 179 g/mol. The summed E-state index contributed by atoms with van der Waals surface area (Å²) in [5, 5.41) is 9.24. The summed E-state index contributed by atoms with van der Waals surface area (Å²) in [4.78, 5) is 11.5. The highest BCUT2D eigenvalue weighted by Crippen LogP contribution is 2.33. The van der Waals surface area contributed by atoms with Crippen LogP contribution in [0.4, 0.5) is 5.82 Å². The van der Waals surface area contributed by atoms with Gasteiger partial charge < -0.3 is 5.32 Å². The maximum absolute atomic E-state index is 11.5. The number of nitrogens with zero attached hydrogens (tertiary/aromatic N) is 1. The topological polar surface area (TPSA) is 57.8 Å². The molecule has 1 saturated carbocycles. The molecule has 0 atom stereocenters. The standard InChI is InChI=1S/C9H13N3O/c1-6-4-7(5-6)9(13)11-8-2-3-10-12-8/h2-3,6-7H,4-5H2,1H3,(H2,10,11,12,13). The lowest BCUT2D eigenvalue weighted by atomic mass is 9.76. The predicted molar refractivity (Wildman–Crippen MR) is 49.1 cm³/mol. The molecule has 2 rings (SSSR count). The Hall–Kier alpha value is -1.32. The molecule has 1 fully saturated rings. The van der Waals surface area contributed by atoms with Gasteiger partial charge in [0, 0.05) is 12.0 Å². The van der Waals surface area contributed by atoms with Gasteiger partial charge in [-0.05, 0) is 18.8 Å². The molecule has 0 bridgehead atoms. The zero-order valence-corrected chi connectivity index (χ0v) is 7.58. The van der Waals surface area contributed by atoms with E-state index in [2.05, 4.69) is 22.4 Å². The highest BCUT2D eigenvalue weighted by atomic mass is 16.2. The van der Waals surface area contributed by atoms with Crippen LogP contribution in [-0.2, 0) is 4.79 Å². The van der Waals surface area contributed by atoms with Gasteiger partial charge in [-0.25, -0.2) is 0 Å². The molecule has 4 heteroatoms. The molecule has 1 aromatic heterocycles. The number of amides is 1. The number of carbonyl (C=O) groups is 1. The number of rotatable bonds is 2. The van der Waals surface area contributed by atoms with Crippen molar-refractivity contribution < 1.29 is 4.79 Å². The zero-order chi connectivity index (χ0) is 9.26. The van der Waals surface area contributed by atoms with Crippen LogP contribution in [0.3, 0.4) is 0 Å². The van der Waals surface area contributed by atoms with Gasteiger partial charge in [0.2, 0.25) is 5.91 Å². The van der Waals surface area contributed by atoms with Gasteiger partial charge >= 0.3 is 0 Å². The minimum absolute atomic E-state index is 0.113. The molecule has 0 aromatic carbocycles. The molecule has 1 amide bonds. The molecular weight excluding hydrogens is 166 g/mol. The Morgan fingerprint density at radius 2 is 2.46 bits per heavy atom. The van der Waals surface area contributed by atoms with Crippen molar-refractivity contribution in [3.8, 4) is 0 Å². The summed E-state index contributed by atoms with van der Waals surface area (Å²) in [6.07, 6.45) is 3.65. The zero-order valence-electron chi connectivity index (χ0n) is 7.58. The van der Waals surface area contributed by atoms with Crippen LogP contribution in [0.1, 0.15) is 19.8 Å². The molecule has 1 aliphatic rings. The average Bonchev–Trinajstić information content (AvgIpc) is 2.51. The molecule has 1 aliphatic carbocycles. The molecule has 4 nitrogen and oxygen atoms in total. The fourth-order valence-corrected chi connectivity index (χ4v) is 1.68. The van der Waals surface area contributed by atoms with Gasteiger partial charge in [-0.2, -0.15) is 5.10 Å². The minimum Gasteiger partial charge on any atom is -0.311 e. The Labute approximate surface area is 76.7 Å². The number of carbonyl (C=O) groups excluding carboxylic acids is 1. The Bertz CT molecular complexity index is 288. The van der Waals surface area contributed by atoms with E-state index in [0.29, 0.717) is 11.7 Å². The number of hydrogen-bond acceptors (Lipinski definition) is 2. The van der Waals surface area contributed by atoms with E-state index < -0.39 is 0 Å². The second-order valence-electron chi connectivity index (χ2n) is 3.73. The third-order valence-corrected chi connectivity index (χ3v) is 2.50. The highest BCUT2D eigenvalue weighted by Gasteiger charge is 2.31. The Balaban J connectivity index is 1.86. The van der Waals surface area contributed by atoms with Crippen molar-refractivity contribution in [1.82, 2.24) is 10.2 Å². The number of anilines is 1. The molecule has 0 aliphatic heterocycles. The first-order chi connectivity index (χ1) is 6.25. The lowest BCUT2D eigenvalue weighted by molar-refractivity contribution is -0.123.